The molecule has 0 spiro atoms. The maximum atomic E-state index is 5.14. The molecule has 2 rings (SSSR count). The van der Waals surface area contributed by atoms with Crippen molar-refractivity contribution in [3.8, 4) is 17.0 Å². The fraction of sp³-hybridized carbons (Fsp3) is 0.100. The predicted molar refractivity (Wildman–Crippen MR) is 59.2 cm³/mol. The zero-order valence-electron chi connectivity index (χ0n) is 8.10. The number of pyridine rings is 1. The molecule has 1 N–H and O–H groups in total. The van der Waals surface area contributed by atoms with Crippen molar-refractivity contribution in [1.29, 1.82) is 0 Å². The summed E-state index contributed by atoms with van der Waals surface area (Å²) in [4.78, 5) is 11.0. The van der Waals surface area contributed by atoms with Crippen LogP contribution in [0.5, 0.6) is 5.88 Å². The van der Waals surface area contributed by atoms with E-state index in [9.17, 15) is 0 Å². The molecule has 0 aliphatic carbocycles. The zero-order chi connectivity index (χ0) is 10.7. The SMILES string of the molecule is COc1ccc(-c2cnc[nH]c2=S)cn1. The molecule has 2 aromatic heterocycles. The van der Waals surface area contributed by atoms with Gasteiger partial charge in [0.25, 0.3) is 0 Å². The van der Waals surface area contributed by atoms with Crippen LogP contribution >= 0.6 is 12.2 Å². The molecular weight excluding hydrogens is 210 g/mol. The Morgan fingerprint density at radius 2 is 2.20 bits per heavy atom. The number of methoxy groups -OCH3 is 1. The van der Waals surface area contributed by atoms with Crippen LogP contribution in [0.2, 0.25) is 0 Å². The van der Waals surface area contributed by atoms with Gasteiger partial charge in [0, 0.05) is 29.6 Å². The van der Waals surface area contributed by atoms with Gasteiger partial charge in [-0.15, -0.1) is 0 Å². The molecule has 15 heavy (non-hydrogen) atoms. The van der Waals surface area contributed by atoms with Crippen LogP contribution in [0.15, 0.2) is 30.9 Å². The number of ether oxygens (including phenoxy) is 1. The number of hydrogen-bond acceptors (Lipinski definition) is 4. The molecule has 0 atom stereocenters. The lowest BCUT2D eigenvalue weighted by Gasteiger charge is -2.01. The Morgan fingerprint density at radius 3 is 2.80 bits per heavy atom. The maximum Gasteiger partial charge on any atom is 0.212 e. The van der Waals surface area contributed by atoms with Crippen molar-refractivity contribution in [2.24, 2.45) is 0 Å². The van der Waals surface area contributed by atoms with Crippen LogP contribution in [-0.2, 0) is 0 Å². The van der Waals surface area contributed by atoms with Crippen molar-refractivity contribution in [3.63, 3.8) is 0 Å². The summed E-state index contributed by atoms with van der Waals surface area (Å²) in [7, 11) is 1.58. The minimum atomic E-state index is 0.581. The first-order chi connectivity index (χ1) is 7.31. The van der Waals surface area contributed by atoms with E-state index in [1.807, 2.05) is 6.07 Å². The van der Waals surface area contributed by atoms with E-state index in [0.717, 1.165) is 11.1 Å². The third-order valence-electron chi connectivity index (χ3n) is 1.97. The van der Waals surface area contributed by atoms with Gasteiger partial charge in [-0.3, -0.25) is 0 Å². The molecule has 4 nitrogen and oxygen atoms in total. The van der Waals surface area contributed by atoms with E-state index in [-0.39, 0.29) is 0 Å². The summed E-state index contributed by atoms with van der Waals surface area (Å²) < 4.78 is 5.62. The molecule has 2 heterocycles. The molecular formula is C10H9N3OS. The van der Waals surface area contributed by atoms with Crippen molar-refractivity contribution in [2.45, 2.75) is 0 Å². The Hall–Kier alpha value is -1.75. The third kappa shape index (κ3) is 2.02. The van der Waals surface area contributed by atoms with Gasteiger partial charge in [-0.1, -0.05) is 12.2 Å². The van der Waals surface area contributed by atoms with Crippen molar-refractivity contribution < 1.29 is 4.74 Å². The van der Waals surface area contributed by atoms with Crippen LogP contribution < -0.4 is 4.74 Å². The molecule has 0 radical (unpaired) electrons. The Kier molecular flexibility index (Phi) is 2.73. The van der Waals surface area contributed by atoms with Crippen LogP contribution in [0.3, 0.4) is 0 Å². The summed E-state index contributed by atoms with van der Waals surface area (Å²) in [6.45, 7) is 0. The second-order valence-electron chi connectivity index (χ2n) is 2.88. The van der Waals surface area contributed by atoms with Gasteiger partial charge >= 0.3 is 0 Å². The minimum Gasteiger partial charge on any atom is -0.481 e. The van der Waals surface area contributed by atoms with Crippen LogP contribution in [0.25, 0.3) is 11.1 Å². The normalized spacial score (nSPS) is 9.93. The van der Waals surface area contributed by atoms with Gasteiger partial charge in [0.1, 0.15) is 4.64 Å². The lowest BCUT2D eigenvalue weighted by atomic mass is 10.1. The number of rotatable bonds is 2. The molecule has 5 heteroatoms. The molecule has 0 amide bonds. The van der Waals surface area contributed by atoms with Crippen LogP contribution in [0.1, 0.15) is 0 Å². The highest BCUT2D eigenvalue weighted by molar-refractivity contribution is 7.71. The van der Waals surface area contributed by atoms with E-state index in [4.69, 9.17) is 17.0 Å². The largest absolute Gasteiger partial charge is 0.481 e. The number of aromatic amines is 1. The van der Waals surface area contributed by atoms with E-state index in [1.54, 1.807) is 31.9 Å². The van der Waals surface area contributed by atoms with Crippen LogP contribution in [0.4, 0.5) is 0 Å². The summed E-state index contributed by atoms with van der Waals surface area (Å²) in [5.74, 6) is 0.581. The Balaban J connectivity index is 2.46. The number of nitrogens with zero attached hydrogens (tertiary/aromatic N) is 2. The van der Waals surface area contributed by atoms with Gasteiger partial charge in [0.15, 0.2) is 0 Å². The number of nitrogens with one attached hydrogen (secondary N) is 1. The summed E-state index contributed by atoms with van der Waals surface area (Å²) in [6.07, 6.45) is 4.98. The van der Waals surface area contributed by atoms with Crippen molar-refractivity contribution in [1.82, 2.24) is 15.0 Å². The average molecular weight is 219 g/mol. The molecule has 76 valence electrons. The van der Waals surface area contributed by atoms with Gasteiger partial charge in [-0.25, -0.2) is 9.97 Å². The molecule has 0 bridgehead atoms. The fourth-order valence-corrected chi connectivity index (χ4v) is 1.43. The van der Waals surface area contributed by atoms with Gasteiger partial charge in [-0.05, 0) is 6.07 Å². The smallest absolute Gasteiger partial charge is 0.212 e. The molecule has 0 aliphatic heterocycles. The minimum absolute atomic E-state index is 0.581. The third-order valence-corrected chi connectivity index (χ3v) is 2.31. The quantitative estimate of drug-likeness (QED) is 0.787. The highest BCUT2D eigenvalue weighted by Crippen LogP contribution is 2.19. The standard InChI is InChI=1S/C10H9N3OS/c1-14-9-3-2-7(4-12-9)8-5-11-6-13-10(8)15/h2-6H,1H3,(H,11,13,15). The first-order valence-corrected chi connectivity index (χ1v) is 4.75. The van der Waals surface area contributed by atoms with Crippen molar-refractivity contribution in [2.75, 3.05) is 7.11 Å². The van der Waals surface area contributed by atoms with Gasteiger partial charge < -0.3 is 9.72 Å². The van der Waals surface area contributed by atoms with Gasteiger partial charge in [0.05, 0.1) is 13.4 Å². The first kappa shape index (κ1) is 9.79. The number of hydrogen-bond donors (Lipinski definition) is 1. The van der Waals surface area contributed by atoms with Gasteiger partial charge in [0.2, 0.25) is 5.88 Å². The van der Waals surface area contributed by atoms with E-state index in [1.165, 1.54) is 0 Å². The van der Waals surface area contributed by atoms with E-state index < -0.39 is 0 Å². The molecule has 0 aromatic carbocycles. The molecule has 0 fully saturated rings. The second kappa shape index (κ2) is 4.18. The van der Waals surface area contributed by atoms with Crippen molar-refractivity contribution in [3.05, 3.63) is 35.5 Å². The highest BCUT2D eigenvalue weighted by Gasteiger charge is 2.01. The molecule has 0 saturated carbocycles. The van der Waals surface area contributed by atoms with Crippen molar-refractivity contribution >= 4 is 12.2 Å². The van der Waals surface area contributed by atoms with E-state index in [2.05, 4.69) is 15.0 Å². The molecule has 2 aromatic rings. The monoisotopic (exact) mass is 219 g/mol. The number of aromatic nitrogens is 3. The first-order valence-electron chi connectivity index (χ1n) is 4.34. The Bertz CT molecular complexity index is 507. The second-order valence-corrected chi connectivity index (χ2v) is 3.29. The lowest BCUT2D eigenvalue weighted by Crippen LogP contribution is -1.89. The maximum absolute atomic E-state index is 5.14. The molecule has 0 unspecified atom stereocenters. The summed E-state index contributed by atoms with van der Waals surface area (Å²) in [5.41, 5.74) is 1.79. The predicted octanol–water partition coefficient (Wildman–Crippen LogP) is 2.21. The number of H-pyrrole nitrogens is 1. The summed E-state index contributed by atoms with van der Waals surface area (Å²) in [5, 5.41) is 0. The Morgan fingerprint density at radius 1 is 1.33 bits per heavy atom. The zero-order valence-corrected chi connectivity index (χ0v) is 8.91. The average Bonchev–Trinajstić information content (AvgIpc) is 2.30. The topological polar surface area (TPSA) is 50.8 Å². The van der Waals surface area contributed by atoms with E-state index in [0.29, 0.717) is 10.5 Å². The van der Waals surface area contributed by atoms with Gasteiger partial charge in [-0.2, -0.15) is 0 Å². The lowest BCUT2D eigenvalue weighted by molar-refractivity contribution is 0.398. The van der Waals surface area contributed by atoms with E-state index >= 15 is 0 Å². The molecule has 0 saturated heterocycles. The van der Waals surface area contributed by atoms with Crippen LogP contribution in [0, 0.1) is 4.64 Å². The molecule has 0 aliphatic rings. The summed E-state index contributed by atoms with van der Waals surface area (Å²) in [6, 6.07) is 3.68. The Labute approximate surface area is 92.0 Å². The van der Waals surface area contributed by atoms with Crippen LogP contribution in [-0.4, -0.2) is 22.1 Å². The fourth-order valence-electron chi connectivity index (χ4n) is 1.21. The highest BCUT2D eigenvalue weighted by atomic mass is 32.1. The summed E-state index contributed by atoms with van der Waals surface area (Å²) >= 11 is 5.14.